The molecule has 1 heterocycles. The fourth-order valence-electron chi connectivity index (χ4n) is 4.67. The van der Waals surface area contributed by atoms with Crippen LogP contribution in [0.25, 0.3) is 0 Å². The minimum absolute atomic E-state index is 0.00312. The van der Waals surface area contributed by atoms with Crippen molar-refractivity contribution in [2.24, 2.45) is 5.92 Å². The second kappa shape index (κ2) is 13.3. The van der Waals surface area contributed by atoms with E-state index < -0.39 is 57.6 Å². The van der Waals surface area contributed by atoms with Crippen LogP contribution in [-0.2, 0) is 16.2 Å². The van der Waals surface area contributed by atoms with Gasteiger partial charge >= 0.3 is 12.2 Å². The van der Waals surface area contributed by atoms with E-state index in [0.717, 1.165) is 48.5 Å². The van der Waals surface area contributed by atoms with Crippen LogP contribution < -0.4 is 14.8 Å². The third kappa shape index (κ3) is 7.84. The summed E-state index contributed by atoms with van der Waals surface area (Å²) in [5, 5.41) is 12.4. The molecule has 0 saturated carbocycles. The lowest BCUT2D eigenvalue weighted by Gasteiger charge is -2.38. The molecule has 0 fully saturated rings. The first kappa shape index (κ1) is 33.5. The lowest BCUT2D eigenvalue weighted by atomic mass is 9.99. The Balaban J connectivity index is 1.64. The topological polar surface area (TPSA) is 128 Å². The number of carbonyl (C=O) groups is 2. The highest BCUT2D eigenvalue weighted by atomic mass is 32.2. The van der Waals surface area contributed by atoms with E-state index >= 15 is 0 Å². The van der Waals surface area contributed by atoms with Gasteiger partial charge in [0.25, 0.3) is 15.9 Å². The molecule has 0 unspecified atom stereocenters. The van der Waals surface area contributed by atoms with Crippen molar-refractivity contribution in [2.45, 2.75) is 37.1 Å². The summed E-state index contributed by atoms with van der Waals surface area (Å²) in [6.45, 7) is 3.08. The third-order valence-electron chi connectivity index (χ3n) is 7.32. The molecule has 3 aromatic carbocycles. The van der Waals surface area contributed by atoms with E-state index in [1.165, 1.54) is 35.0 Å². The summed E-state index contributed by atoms with van der Waals surface area (Å²) in [5.74, 6) is -1.72. The van der Waals surface area contributed by atoms with Gasteiger partial charge in [-0.3, -0.25) is 9.52 Å². The number of para-hydroxylation sites is 1. The summed E-state index contributed by atoms with van der Waals surface area (Å²) in [7, 11) is -2.82. The molecule has 0 aromatic heterocycles. The molecule has 0 radical (unpaired) electrons. The fraction of sp³-hybridized carbons (Fsp3) is 0.333. The van der Waals surface area contributed by atoms with Crippen LogP contribution in [0.2, 0.25) is 0 Å². The Hall–Kier alpha value is -4.37. The monoisotopic (exact) mass is 652 g/mol. The molecular formula is C30H32F4N4O6S. The first-order chi connectivity index (χ1) is 21.1. The minimum Gasteiger partial charge on any atom is -0.485 e. The number of carbonyl (C=O) groups excluding carboxylic acids is 2. The summed E-state index contributed by atoms with van der Waals surface area (Å²) in [6.07, 6.45) is -5.36. The second-order valence-electron chi connectivity index (χ2n) is 10.8. The number of sulfonamides is 1. The Morgan fingerprint density at radius 1 is 1.11 bits per heavy atom. The molecule has 3 atom stereocenters. The van der Waals surface area contributed by atoms with E-state index in [9.17, 15) is 40.7 Å². The number of hydrogen-bond donors (Lipinski definition) is 3. The number of amides is 3. The molecule has 15 heteroatoms. The summed E-state index contributed by atoms with van der Waals surface area (Å²) >= 11 is 0. The molecule has 1 aliphatic heterocycles. The Morgan fingerprint density at radius 3 is 2.36 bits per heavy atom. The molecule has 0 bridgehead atoms. The van der Waals surface area contributed by atoms with Gasteiger partial charge in [-0.05, 0) is 67.6 Å². The number of nitrogens with zero attached hydrogens (tertiary/aromatic N) is 2. The highest BCUT2D eigenvalue weighted by molar-refractivity contribution is 7.92. The predicted octanol–water partition coefficient (Wildman–Crippen LogP) is 5.03. The first-order valence-corrected chi connectivity index (χ1v) is 15.3. The number of urea groups is 1. The molecular weight excluding hydrogens is 620 g/mol. The number of alkyl halides is 3. The number of anilines is 2. The highest BCUT2D eigenvalue weighted by Crippen LogP contribution is 2.36. The van der Waals surface area contributed by atoms with Crippen molar-refractivity contribution < 1.29 is 45.4 Å². The van der Waals surface area contributed by atoms with Gasteiger partial charge in [-0.2, -0.15) is 13.2 Å². The number of likely N-dealkylation sites (N-methyl/N-ethyl adjacent to an activating group) is 1. The Labute approximate surface area is 257 Å². The van der Waals surface area contributed by atoms with E-state index in [0.29, 0.717) is 0 Å². The summed E-state index contributed by atoms with van der Waals surface area (Å²) in [6, 6.07) is 11.1. The van der Waals surface area contributed by atoms with Gasteiger partial charge in [-0.15, -0.1) is 0 Å². The average molecular weight is 653 g/mol. The van der Waals surface area contributed by atoms with Crippen molar-refractivity contribution in [2.75, 3.05) is 36.8 Å². The van der Waals surface area contributed by atoms with Gasteiger partial charge in [0.05, 0.1) is 40.9 Å². The van der Waals surface area contributed by atoms with E-state index in [1.54, 1.807) is 13.8 Å². The molecule has 3 N–H and O–H groups in total. The van der Waals surface area contributed by atoms with Crippen LogP contribution in [0, 0.1) is 11.7 Å². The van der Waals surface area contributed by atoms with Crippen molar-refractivity contribution in [1.82, 2.24) is 9.80 Å². The molecule has 0 aliphatic carbocycles. The smallest absolute Gasteiger partial charge is 0.416 e. The van der Waals surface area contributed by atoms with Crippen LogP contribution in [0.5, 0.6) is 5.75 Å². The molecule has 10 nitrogen and oxygen atoms in total. The van der Waals surface area contributed by atoms with Crippen LogP contribution in [-0.4, -0.2) is 74.2 Å². The van der Waals surface area contributed by atoms with E-state index in [2.05, 4.69) is 10.0 Å². The normalized spacial score (nSPS) is 17.8. The number of aliphatic hydroxyl groups is 1. The van der Waals surface area contributed by atoms with Crippen molar-refractivity contribution in [3.05, 3.63) is 83.7 Å². The van der Waals surface area contributed by atoms with Crippen LogP contribution in [0.4, 0.5) is 33.7 Å². The predicted molar refractivity (Wildman–Crippen MR) is 158 cm³/mol. The van der Waals surface area contributed by atoms with Crippen LogP contribution in [0.15, 0.2) is 71.6 Å². The minimum atomic E-state index is -4.53. The molecule has 0 saturated heterocycles. The van der Waals surface area contributed by atoms with E-state index in [1.807, 2.05) is 0 Å². The first-order valence-electron chi connectivity index (χ1n) is 13.8. The van der Waals surface area contributed by atoms with Gasteiger partial charge in [0.1, 0.15) is 11.9 Å². The highest BCUT2D eigenvalue weighted by Gasteiger charge is 2.36. The number of ether oxygens (including phenoxy) is 1. The second-order valence-corrected chi connectivity index (χ2v) is 12.4. The summed E-state index contributed by atoms with van der Waals surface area (Å²) in [5.41, 5.74) is -0.824. The standard InChI is InChI=1S/C30H32F4N4O6S/c1-18-15-38(19(2)17-39)28(40)24-5-4-6-25(36-45(42,43)23-13-9-21(31)10-14-23)27(24)44-26(18)16-37(3)29(41)35-22-11-7-20(8-12-22)30(32,33)34/h4-14,18-19,26,36,39H,15-17H2,1-3H3,(H,35,41)/t18-,19+,26+/m0/s1. The number of hydrogen-bond acceptors (Lipinski definition) is 6. The van der Waals surface area contributed by atoms with Gasteiger partial charge < -0.3 is 25.0 Å². The van der Waals surface area contributed by atoms with Crippen LogP contribution >= 0.6 is 0 Å². The number of fused-ring (bicyclic) bond motifs is 1. The van der Waals surface area contributed by atoms with Gasteiger partial charge in [0, 0.05) is 25.2 Å². The van der Waals surface area contributed by atoms with Gasteiger partial charge in [-0.25, -0.2) is 17.6 Å². The number of aliphatic hydroxyl groups excluding tert-OH is 1. The Kier molecular flexibility index (Phi) is 9.92. The zero-order valence-corrected chi connectivity index (χ0v) is 25.3. The van der Waals surface area contributed by atoms with Gasteiger partial charge in [0.2, 0.25) is 0 Å². The largest absolute Gasteiger partial charge is 0.485 e. The van der Waals surface area contributed by atoms with Crippen molar-refractivity contribution in [1.29, 1.82) is 0 Å². The summed E-state index contributed by atoms with van der Waals surface area (Å²) < 4.78 is 87.2. The zero-order valence-electron chi connectivity index (χ0n) is 24.5. The van der Waals surface area contributed by atoms with E-state index in [-0.39, 0.29) is 47.3 Å². The van der Waals surface area contributed by atoms with Gasteiger partial charge in [0.15, 0.2) is 5.75 Å². The molecule has 242 valence electrons. The van der Waals surface area contributed by atoms with Crippen LogP contribution in [0.1, 0.15) is 29.8 Å². The zero-order chi connectivity index (χ0) is 33.1. The quantitative estimate of drug-likeness (QED) is 0.293. The number of benzene rings is 3. The lowest BCUT2D eigenvalue weighted by molar-refractivity contribution is -0.137. The Bertz CT molecular complexity index is 1640. The number of halogens is 4. The van der Waals surface area contributed by atoms with Gasteiger partial charge in [-0.1, -0.05) is 13.0 Å². The Morgan fingerprint density at radius 2 is 1.76 bits per heavy atom. The van der Waals surface area contributed by atoms with E-state index in [4.69, 9.17) is 4.74 Å². The molecule has 0 spiro atoms. The maximum Gasteiger partial charge on any atom is 0.416 e. The fourth-order valence-corrected chi connectivity index (χ4v) is 5.74. The molecule has 1 aliphatic rings. The number of nitrogens with one attached hydrogen (secondary N) is 2. The molecule has 45 heavy (non-hydrogen) atoms. The maximum atomic E-state index is 13.7. The molecule has 3 amide bonds. The van der Waals surface area contributed by atoms with Crippen molar-refractivity contribution in [3.8, 4) is 5.75 Å². The van der Waals surface area contributed by atoms with Crippen molar-refractivity contribution >= 4 is 33.3 Å². The molecule has 3 aromatic rings. The molecule has 4 rings (SSSR count). The summed E-state index contributed by atoms with van der Waals surface area (Å²) in [4.78, 5) is 29.1. The third-order valence-corrected chi connectivity index (χ3v) is 8.70. The average Bonchev–Trinajstić information content (AvgIpc) is 2.98. The van der Waals surface area contributed by atoms with Crippen molar-refractivity contribution in [3.63, 3.8) is 0 Å². The maximum absolute atomic E-state index is 13.7. The lowest BCUT2D eigenvalue weighted by Crippen LogP contribution is -2.50. The SMILES string of the molecule is C[C@H](CO)N1C[C@H](C)[C@@H](CN(C)C(=O)Nc2ccc(C(F)(F)F)cc2)Oc2c(NS(=O)(=O)c3ccc(F)cc3)cccc2C1=O. The van der Waals surface area contributed by atoms with Crippen LogP contribution in [0.3, 0.4) is 0 Å². The number of rotatable bonds is 8.